The summed E-state index contributed by atoms with van der Waals surface area (Å²) in [6.07, 6.45) is 2.69. The van der Waals surface area contributed by atoms with Crippen LogP contribution in [-0.2, 0) is 9.59 Å². The molecule has 0 radical (unpaired) electrons. The Morgan fingerprint density at radius 2 is 1.44 bits per heavy atom. The molecule has 1 aliphatic heterocycles. The molecular weight excluding hydrogens is 428 g/mol. The fourth-order valence-corrected chi connectivity index (χ4v) is 3.59. The van der Waals surface area contributed by atoms with Gasteiger partial charge < -0.3 is 9.47 Å². The van der Waals surface area contributed by atoms with Gasteiger partial charge in [0.15, 0.2) is 0 Å². The molecule has 174 valence electrons. The average Bonchev–Trinajstić information content (AvgIpc) is 3.16. The number of anilines is 1. The molecule has 3 aromatic carbocycles. The Hall–Kier alpha value is -4.06. The summed E-state index contributed by atoms with van der Waals surface area (Å²) in [4.78, 5) is 25.0. The maximum atomic E-state index is 12.7. The number of hydrogen-bond donors (Lipinski definition) is 1. The van der Waals surface area contributed by atoms with E-state index in [1.807, 2.05) is 42.5 Å². The highest BCUT2D eigenvalue weighted by atomic mass is 16.5. The van der Waals surface area contributed by atoms with Crippen LogP contribution >= 0.6 is 0 Å². The lowest BCUT2D eigenvalue weighted by Gasteiger charge is -2.13. The summed E-state index contributed by atoms with van der Waals surface area (Å²) in [7, 11) is 0. The number of carbonyl (C=O) groups is 2. The molecule has 1 fully saturated rings. The summed E-state index contributed by atoms with van der Waals surface area (Å²) >= 11 is 0. The van der Waals surface area contributed by atoms with Gasteiger partial charge in [0.2, 0.25) is 0 Å². The summed E-state index contributed by atoms with van der Waals surface area (Å²) in [6.45, 7) is 5.23. The molecule has 34 heavy (non-hydrogen) atoms. The lowest BCUT2D eigenvalue weighted by atomic mass is 9.99. The van der Waals surface area contributed by atoms with Gasteiger partial charge in [-0.25, -0.2) is 5.01 Å². The Morgan fingerprint density at radius 3 is 2.03 bits per heavy atom. The molecule has 4 rings (SSSR count). The maximum absolute atomic E-state index is 12.7. The molecular formula is C28H28N2O4. The predicted octanol–water partition coefficient (Wildman–Crippen LogP) is 5.12. The van der Waals surface area contributed by atoms with Gasteiger partial charge in [0.05, 0.1) is 5.69 Å². The number of hydrazine groups is 1. The molecule has 0 saturated carbocycles. The van der Waals surface area contributed by atoms with E-state index in [1.54, 1.807) is 30.3 Å². The first-order valence-corrected chi connectivity index (χ1v) is 11.4. The zero-order valence-electron chi connectivity index (χ0n) is 19.4. The molecule has 3 aromatic rings. The molecule has 0 unspecified atom stereocenters. The number of para-hydroxylation sites is 1. The van der Waals surface area contributed by atoms with E-state index in [1.165, 1.54) is 10.6 Å². The van der Waals surface area contributed by atoms with E-state index in [-0.39, 0.29) is 11.5 Å². The Kier molecular flexibility index (Phi) is 7.28. The van der Waals surface area contributed by atoms with Gasteiger partial charge >= 0.3 is 0 Å². The predicted molar refractivity (Wildman–Crippen MR) is 133 cm³/mol. The molecule has 1 aliphatic rings. The standard InChI is InChI=1S/C28H28N2O4/c1-3-20(2)22-11-15-25(16-12-22)34-18-17-33-24-13-9-21(10-14-24)19-26-27(31)29-30(28(26)32)23-7-5-4-6-8-23/h4-16,19-20H,3,17-18H2,1-2H3,(H,29,31)/b26-19+/t20-/m1/s1. The van der Waals surface area contributed by atoms with Crippen LogP contribution in [0.5, 0.6) is 11.5 Å². The van der Waals surface area contributed by atoms with Crippen molar-refractivity contribution >= 4 is 23.6 Å². The van der Waals surface area contributed by atoms with Crippen LogP contribution in [-0.4, -0.2) is 25.0 Å². The van der Waals surface area contributed by atoms with Crippen molar-refractivity contribution in [3.63, 3.8) is 0 Å². The smallest absolute Gasteiger partial charge is 0.282 e. The van der Waals surface area contributed by atoms with Gasteiger partial charge in [0, 0.05) is 0 Å². The van der Waals surface area contributed by atoms with Crippen LogP contribution in [0.1, 0.15) is 37.3 Å². The van der Waals surface area contributed by atoms with E-state index in [2.05, 4.69) is 31.4 Å². The van der Waals surface area contributed by atoms with Gasteiger partial charge in [-0.3, -0.25) is 15.0 Å². The lowest BCUT2D eigenvalue weighted by Crippen LogP contribution is -2.35. The third-order valence-electron chi connectivity index (χ3n) is 5.78. The van der Waals surface area contributed by atoms with Crippen LogP contribution in [0.3, 0.4) is 0 Å². The molecule has 6 heteroatoms. The minimum atomic E-state index is -0.427. The van der Waals surface area contributed by atoms with E-state index >= 15 is 0 Å². The van der Waals surface area contributed by atoms with Crippen molar-refractivity contribution in [1.29, 1.82) is 0 Å². The van der Waals surface area contributed by atoms with Crippen molar-refractivity contribution in [1.82, 2.24) is 5.43 Å². The van der Waals surface area contributed by atoms with Crippen molar-refractivity contribution in [3.8, 4) is 11.5 Å². The third-order valence-corrected chi connectivity index (χ3v) is 5.78. The summed E-state index contributed by atoms with van der Waals surface area (Å²) in [6, 6.07) is 24.4. The molecule has 1 saturated heterocycles. The van der Waals surface area contributed by atoms with Crippen molar-refractivity contribution in [2.45, 2.75) is 26.2 Å². The number of nitrogens with zero attached hydrogens (tertiary/aromatic N) is 1. The van der Waals surface area contributed by atoms with Crippen molar-refractivity contribution < 1.29 is 19.1 Å². The van der Waals surface area contributed by atoms with E-state index in [9.17, 15) is 9.59 Å². The van der Waals surface area contributed by atoms with Crippen LogP contribution in [0.15, 0.2) is 84.4 Å². The molecule has 2 amide bonds. The molecule has 0 spiro atoms. The highest BCUT2D eigenvalue weighted by Gasteiger charge is 2.34. The SMILES string of the molecule is CC[C@@H](C)c1ccc(OCCOc2ccc(/C=C3\C(=O)NN(c4ccccc4)C3=O)cc2)cc1. The number of ether oxygens (including phenoxy) is 2. The Morgan fingerprint density at radius 1 is 0.853 bits per heavy atom. The molecule has 0 bridgehead atoms. The third kappa shape index (κ3) is 5.46. The van der Waals surface area contributed by atoms with E-state index in [4.69, 9.17) is 9.47 Å². The van der Waals surface area contributed by atoms with Crippen LogP contribution in [0.4, 0.5) is 5.69 Å². The van der Waals surface area contributed by atoms with Gasteiger partial charge in [0.1, 0.15) is 30.3 Å². The number of benzene rings is 3. The first-order chi connectivity index (χ1) is 16.5. The van der Waals surface area contributed by atoms with Crippen LogP contribution in [0, 0.1) is 0 Å². The van der Waals surface area contributed by atoms with Gasteiger partial charge in [0.25, 0.3) is 11.8 Å². The topological polar surface area (TPSA) is 67.9 Å². The van der Waals surface area contributed by atoms with Crippen LogP contribution in [0.25, 0.3) is 6.08 Å². The van der Waals surface area contributed by atoms with Crippen molar-refractivity contribution in [2.75, 3.05) is 18.2 Å². The average molecular weight is 457 g/mol. The number of amides is 2. The normalized spacial score (nSPS) is 15.4. The number of carbonyl (C=O) groups excluding carboxylic acids is 2. The molecule has 6 nitrogen and oxygen atoms in total. The van der Waals surface area contributed by atoms with Gasteiger partial charge in [-0.2, -0.15) is 0 Å². The fraction of sp³-hybridized carbons (Fsp3) is 0.214. The van der Waals surface area contributed by atoms with Crippen molar-refractivity contribution in [3.05, 3.63) is 95.6 Å². The Bertz CT molecular complexity index is 1160. The highest BCUT2D eigenvalue weighted by molar-refractivity contribution is 6.31. The Labute approximate surface area is 199 Å². The second-order valence-corrected chi connectivity index (χ2v) is 8.12. The summed E-state index contributed by atoms with van der Waals surface area (Å²) in [5.41, 5.74) is 5.35. The largest absolute Gasteiger partial charge is 0.490 e. The van der Waals surface area contributed by atoms with E-state index in [0.717, 1.165) is 17.7 Å². The summed E-state index contributed by atoms with van der Waals surface area (Å²) in [5, 5.41) is 1.25. The molecule has 0 aliphatic carbocycles. The maximum Gasteiger partial charge on any atom is 0.282 e. The zero-order valence-corrected chi connectivity index (χ0v) is 19.4. The molecule has 1 N–H and O–H groups in total. The highest BCUT2D eigenvalue weighted by Crippen LogP contribution is 2.23. The second-order valence-electron chi connectivity index (χ2n) is 8.12. The minimum Gasteiger partial charge on any atom is -0.490 e. The lowest BCUT2D eigenvalue weighted by molar-refractivity contribution is -0.117. The van der Waals surface area contributed by atoms with Gasteiger partial charge in [-0.05, 0) is 65.9 Å². The first-order valence-electron chi connectivity index (χ1n) is 11.4. The van der Waals surface area contributed by atoms with E-state index in [0.29, 0.717) is 30.6 Å². The summed E-state index contributed by atoms with van der Waals surface area (Å²) in [5.74, 6) is 1.24. The number of hydrogen-bond acceptors (Lipinski definition) is 4. The number of rotatable bonds is 9. The van der Waals surface area contributed by atoms with E-state index < -0.39 is 5.91 Å². The minimum absolute atomic E-state index is 0.0882. The van der Waals surface area contributed by atoms with Crippen LogP contribution in [0.2, 0.25) is 0 Å². The first kappa shape index (κ1) is 23.1. The van der Waals surface area contributed by atoms with Crippen LogP contribution < -0.4 is 19.9 Å². The molecule has 1 heterocycles. The van der Waals surface area contributed by atoms with Gasteiger partial charge in [-0.15, -0.1) is 0 Å². The quantitative estimate of drug-likeness (QED) is 0.276. The fourth-order valence-electron chi connectivity index (χ4n) is 3.59. The Balaban J connectivity index is 1.29. The van der Waals surface area contributed by atoms with Crippen molar-refractivity contribution in [2.24, 2.45) is 0 Å². The number of nitrogens with one attached hydrogen (secondary N) is 1. The summed E-state index contributed by atoms with van der Waals surface area (Å²) < 4.78 is 11.5. The zero-order chi connectivity index (χ0) is 23.9. The monoisotopic (exact) mass is 456 g/mol. The molecule has 1 atom stereocenters. The molecule has 0 aromatic heterocycles. The second kappa shape index (κ2) is 10.7. The van der Waals surface area contributed by atoms with Gasteiger partial charge in [-0.1, -0.05) is 56.3 Å².